The lowest BCUT2D eigenvalue weighted by atomic mass is 9.96. The minimum absolute atomic E-state index is 0.0261. The van der Waals surface area contributed by atoms with Crippen LogP contribution in [-0.2, 0) is 7.05 Å². The van der Waals surface area contributed by atoms with E-state index in [4.69, 9.17) is 4.74 Å². The molecular weight excluding hydrogens is 328 g/mol. The Morgan fingerprint density at radius 3 is 2.88 bits per heavy atom. The summed E-state index contributed by atoms with van der Waals surface area (Å²) in [5.74, 6) is -1.38. The van der Waals surface area contributed by atoms with E-state index in [2.05, 4.69) is 10.3 Å². The highest BCUT2D eigenvalue weighted by Crippen LogP contribution is 2.32. The maximum atomic E-state index is 13.9. The fourth-order valence-electron chi connectivity index (χ4n) is 3.51. The van der Waals surface area contributed by atoms with E-state index in [-0.39, 0.29) is 23.3 Å². The zero-order chi connectivity index (χ0) is 17.6. The largest absolute Gasteiger partial charge is 0.485 e. The van der Waals surface area contributed by atoms with Gasteiger partial charge in [-0.25, -0.2) is 8.78 Å². The summed E-state index contributed by atoms with van der Waals surface area (Å²) in [5, 5.41) is 4.10. The molecule has 3 heterocycles. The summed E-state index contributed by atoms with van der Waals surface area (Å²) in [6, 6.07) is 5.14. The SMILES string of the molecule is Cn1cc(C2CNCC2Oc2ccc(F)cc2F)c2cc[nH]c(=O)c21. The molecule has 3 aromatic rings. The predicted molar refractivity (Wildman–Crippen MR) is 89.9 cm³/mol. The molecule has 1 aliphatic rings. The average molecular weight is 345 g/mol. The Bertz CT molecular complexity index is 996. The van der Waals surface area contributed by atoms with E-state index >= 15 is 0 Å². The summed E-state index contributed by atoms with van der Waals surface area (Å²) in [5.41, 5.74) is 1.41. The van der Waals surface area contributed by atoms with Crippen LogP contribution in [0.25, 0.3) is 10.9 Å². The van der Waals surface area contributed by atoms with Gasteiger partial charge in [0.1, 0.15) is 17.4 Å². The van der Waals surface area contributed by atoms with Gasteiger partial charge in [0.05, 0.1) is 0 Å². The third-order valence-corrected chi connectivity index (χ3v) is 4.66. The van der Waals surface area contributed by atoms with E-state index < -0.39 is 11.6 Å². The fourth-order valence-corrected chi connectivity index (χ4v) is 3.51. The van der Waals surface area contributed by atoms with Gasteiger partial charge in [-0.15, -0.1) is 0 Å². The minimum Gasteiger partial charge on any atom is -0.485 e. The zero-order valence-electron chi connectivity index (χ0n) is 13.6. The number of aromatic nitrogens is 2. The molecule has 1 aliphatic heterocycles. The number of benzene rings is 1. The number of H-pyrrole nitrogens is 1. The molecule has 1 fully saturated rings. The highest BCUT2D eigenvalue weighted by Gasteiger charge is 2.33. The molecule has 0 saturated carbocycles. The normalized spacial score (nSPS) is 20.3. The first-order valence-electron chi connectivity index (χ1n) is 8.03. The molecule has 4 rings (SSSR count). The minimum atomic E-state index is -0.722. The number of rotatable bonds is 3. The standard InChI is InChI=1S/C18H17F2N3O2/c1-23-9-13(11-4-5-22-18(24)17(11)23)12-7-21-8-16(12)25-15-3-2-10(19)6-14(15)20/h2-6,9,12,16,21H,7-8H2,1H3,(H,22,24). The van der Waals surface area contributed by atoms with Crippen LogP contribution < -0.4 is 15.6 Å². The second kappa shape index (κ2) is 6.00. The van der Waals surface area contributed by atoms with Gasteiger partial charge in [0.25, 0.3) is 5.56 Å². The number of aromatic amines is 1. The van der Waals surface area contributed by atoms with Gasteiger partial charge in [-0.1, -0.05) is 0 Å². The van der Waals surface area contributed by atoms with Crippen LogP contribution >= 0.6 is 0 Å². The van der Waals surface area contributed by atoms with Crippen molar-refractivity contribution in [1.82, 2.24) is 14.9 Å². The van der Waals surface area contributed by atoms with Crippen molar-refractivity contribution in [2.24, 2.45) is 7.05 Å². The topological polar surface area (TPSA) is 59.1 Å². The molecule has 5 nitrogen and oxygen atoms in total. The fraction of sp³-hybridized carbons (Fsp3) is 0.278. The number of aryl methyl sites for hydroxylation is 1. The summed E-state index contributed by atoms with van der Waals surface area (Å²) in [6.45, 7) is 1.19. The summed E-state index contributed by atoms with van der Waals surface area (Å²) < 4.78 is 34.6. The predicted octanol–water partition coefficient (Wildman–Crippen LogP) is 2.28. The molecule has 130 valence electrons. The molecule has 2 atom stereocenters. The number of fused-ring (bicyclic) bond motifs is 1. The van der Waals surface area contributed by atoms with E-state index in [1.54, 1.807) is 10.8 Å². The maximum Gasteiger partial charge on any atom is 0.272 e. The number of hydrogen-bond acceptors (Lipinski definition) is 3. The molecule has 0 amide bonds. The van der Waals surface area contributed by atoms with E-state index in [0.29, 0.717) is 18.6 Å². The van der Waals surface area contributed by atoms with Crippen molar-refractivity contribution in [3.8, 4) is 5.75 Å². The van der Waals surface area contributed by atoms with Gasteiger partial charge in [0.15, 0.2) is 11.6 Å². The Morgan fingerprint density at radius 2 is 2.08 bits per heavy atom. The van der Waals surface area contributed by atoms with Gasteiger partial charge in [-0.2, -0.15) is 0 Å². The smallest absolute Gasteiger partial charge is 0.272 e. The monoisotopic (exact) mass is 345 g/mol. The first kappa shape index (κ1) is 15.8. The highest BCUT2D eigenvalue weighted by molar-refractivity contribution is 5.83. The van der Waals surface area contributed by atoms with E-state index in [1.165, 1.54) is 12.1 Å². The van der Waals surface area contributed by atoms with Crippen molar-refractivity contribution in [1.29, 1.82) is 0 Å². The van der Waals surface area contributed by atoms with Crippen molar-refractivity contribution in [3.63, 3.8) is 0 Å². The molecule has 2 unspecified atom stereocenters. The number of nitrogens with zero attached hydrogens (tertiary/aromatic N) is 1. The third kappa shape index (κ3) is 2.70. The van der Waals surface area contributed by atoms with Crippen LogP contribution in [-0.4, -0.2) is 28.7 Å². The first-order chi connectivity index (χ1) is 12.0. The van der Waals surface area contributed by atoms with Gasteiger partial charge in [0, 0.05) is 49.9 Å². The number of nitrogens with one attached hydrogen (secondary N) is 2. The summed E-state index contributed by atoms with van der Waals surface area (Å²) in [6.07, 6.45) is 3.21. The summed E-state index contributed by atoms with van der Waals surface area (Å²) in [4.78, 5) is 14.7. The van der Waals surface area contributed by atoms with E-state index in [0.717, 1.165) is 17.0 Å². The lowest BCUT2D eigenvalue weighted by molar-refractivity contribution is 0.195. The van der Waals surface area contributed by atoms with Crippen LogP contribution in [0.15, 0.2) is 41.5 Å². The van der Waals surface area contributed by atoms with Crippen LogP contribution in [0.4, 0.5) is 8.78 Å². The molecule has 0 spiro atoms. The molecule has 2 N–H and O–H groups in total. The lowest BCUT2D eigenvalue weighted by Gasteiger charge is -2.20. The molecule has 0 radical (unpaired) electrons. The van der Waals surface area contributed by atoms with Crippen molar-refractivity contribution in [3.05, 3.63) is 64.2 Å². The van der Waals surface area contributed by atoms with Crippen molar-refractivity contribution in [2.45, 2.75) is 12.0 Å². The van der Waals surface area contributed by atoms with Gasteiger partial charge in [-0.3, -0.25) is 4.79 Å². The summed E-state index contributed by atoms with van der Waals surface area (Å²) >= 11 is 0. The van der Waals surface area contributed by atoms with Crippen molar-refractivity contribution < 1.29 is 13.5 Å². The lowest BCUT2D eigenvalue weighted by Crippen LogP contribution is -2.25. The van der Waals surface area contributed by atoms with Gasteiger partial charge in [0.2, 0.25) is 0 Å². The van der Waals surface area contributed by atoms with Gasteiger partial charge >= 0.3 is 0 Å². The molecule has 1 aromatic carbocycles. The maximum absolute atomic E-state index is 13.9. The number of halogens is 2. The Labute approximate surface area is 142 Å². The number of hydrogen-bond donors (Lipinski definition) is 2. The Kier molecular flexibility index (Phi) is 3.80. The zero-order valence-corrected chi connectivity index (χ0v) is 13.6. The van der Waals surface area contributed by atoms with Crippen molar-refractivity contribution >= 4 is 10.9 Å². The van der Waals surface area contributed by atoms with Gasteiger partial charge < -0.3 is 19.6 Å². The molecule has 0 aliphatic carbocycles. The highest BCUT2D eigenvalue weighted by atomic mass is 19.1. The quantitative estimate of drug-likeness (QED) is 0.766. The molecular formula is C18H17F2N3O2. The number of pyridine rings is 1. The first-order valence-corrected chi connectivity index (χ1v) is 8.03. The second-order valence-electron chi connectivity index (χ2n) is 6.26. The van der Waals surface area contributed by atoms with E-state index in [9.17, 15) is 13.6 Å². The van der Waals surface area contributed by atoms with E-state index in [1.807, 2.05) is 19.3 Å². The second-order valence-corrected chi connectivity index (χ2v) is 6.26. The number of ether oxygens (including phenoxy) is 1. The Morgan fingerprint density at radius 1 is 1.24 bits per heavy atom. The summed E-state index contributed by atoms with van der Waals surface area (Å²) in [7, 11) is 1.82. The molecule has 7 heteroatoms. The average Bonchev–Trinajstić information content (AvgIpc) is 3.15. The van der Waals surface area contributed by atoms with Crippen LogP contribution in [0.3, 0.4) is 0 Å². The van der Waals surface area contributed by atoms with Crippen LogP contribution in [0.5, 0.6) is 5.75 Å². The van der Waals surface area contributed by atoms with Crippen LogP contribution in [0, 0.1) is 11.6 Å². The third-order valence-electron chi connectivity index (χ3n) is 4.66. The van der Waals surface area contributed by atoms with Crippen molar-refractivity contribution in [2.75, 3.05) is 13.1 Å². The Balaban J connectivity index is 1.71. The molecule has 0 bridgehead atoms. The molecule has 25 heavy (non-hydrogen) atoms. The molecule has 1 saturated heterocycles. The van der Waals surface area contributed by atoms with Gasteiger partial charge in [-0.05, 0) is 23.8 Å². The van der Waals surface area contributed by atoms with Crippen LogP contribution in [0.1, 0.15) is 11.5 Å². The molecule has 2 aromatic heterocycles. The Hall–Kier alpha value is -2.67. The van der Waals surface area contributed by atoms with Crippen LogP contribution in [0.2, 0.25) is 0 Å².